The van der Waals surface area contributed by atoms with E-state index in [0.29, 0.717) is 5.92 Å². The Morgan fingerprint density at radius 2 is 2.11 bits per heavy atom. The van der Waals surface area contributed by atoms with Crippen LogP contribution in [0.4, 0.5) is 0 Å². The second kappa shape index (κ2) is 4.35. The summed E-state index contributed by atoms with van der Waals surface area (Å²) in [6.45, 7) is 2.27. The quantitative estimate of drug-likeness (QED) is 0.697. The fourth-order valence-electron chi connectivity index (χ4n) is 3.16. The first-order valence-electron chi connectivity index (χ1n) is 6.98. The molecule has 3 heteroatoms. The molecule has 0 saturated carbocycles. The first-order valence-corrected chi connectivity index (χ1v) is 6.98. The zero-order valence-corrected chi connectivity index (χ0v) is 10.8. The van der Waals surface area contributed by atoms with Crippen LogP contribution in [0, 0.1) is 0 Å². The summed E-state index contributed by atoms with van der Waals surface area (Å²) in [6.07, 6.45) is 6.34. The van der Waals surface area contributed by atoms with Gasteiger partial charge in [0.05, 0.1) is 11.7 Å². The van der Waals surface area contributed by atoms with Crippen LogP contribution in [0.2, 0.25) is 0 Å². The number of nitrogens with zero attached hydrogens (tertiary/aromatic N) is 1. The summed E-state index contributed by atoms with van der Waals surface area (Å²) >= 11 is 0. The average Bonchev–Trinajstić information content (AvgIpc) is 2.86. The summed E-state index contributed by atoms with van der Waals surface area (Å²) < 4.78 is 0. The van der Waals surface area contributed by atoms with Crippen molar-refractivity contribution in [3.05, 3.63) is 42.2 Å². The Morgan fingerprint density at radius 1 is 1.11 bits per heavy atom. The Kier molecular flexibility index (Phi) is 2.52. The highest BCUT2D eigenvalue weighted by atomic mass is 14.9. The molecule has 1 unspecified atom stereocenters. The highest BCUT2D eigenvalue weighted by Gasteiger charge is 2.16. The molecule has 1 aromatic carbocycles. The molecule has 1 fully saturated rings. The molecule has 4 rings (SSSR count). The third-order valence-electron chi connectivity index (χ3n) is 4.19. The van der Waals surface area contributed by atoms with E-state index in [9.17, 15) is 0 Å². The van der Waals surface area contributed by atoms with Crippen molar-refractivity contribution < 1.29 is 0 Å². The van der Waals surface area contributed by atoms with Gasteiger partial charge in [-0.2, -0.15) is 0 Å². The third-order valence-corrected chi connectivity index (χ3v) is 4.19. The molecule has 0 radical (unpaired) electrons. The third kappa shape index (κ3) is 1.81. The Bertz CT molecular complexity index is 723. The second-order valence-corrected chi connectivity index (χ2v) is 5.39. The van der Waals surface area contributed by atoms with Gasteiger partial charge in [0.25, 0.3) is 0 Å². The van der Waals surface area contributed by atoms with E-state index < -0.39 is 0 Å². The fourth-order valence-corrected chi connectivity index (χ4v) is 3.16. The maximum Gasteiger partial charge on any atom is 0.0651 e. The molecule has 3 nitrogen and oxygen atoms in total. The molecule has 3 aromatic rings. The van der Waals surface area contributed by atoms with Gasteiger partial charge in [-0.05, 0) is 49.1 Å². The highest BCUT2D eigenvalue weighted by molar-refractivity contribution is 6.07. The van der Waals surface area contributed by atoms with Crippen molar-refractivity contribution in [3.63, 3.8) is 0 Å². The molecule has 3 heterocycles. The van der Waals surface area contributed by atoms with Gasteiger partial charge in [0.2, 0.25) is 0 Å². The molecule has 2 aromatic heterocycles. The summed E-state index contributed by atoms with van der Waals surface area (Å²) in [5.74, 6) is 0.657. The number of H-pyrrole nitrogens is 1. The van der Waals surface area contributed by atoms with Gasteiger partial charge in [-0.25, -0.2) is 0 Å². The van der Waals surface area contributed by atoms with Gasteiger partial charge >= 0.3 is 0 Å². The number of aromatic nitrogens is 2. The lowest BCUT2D eigenvalue weighted by molar-refractivity contribution is 0.462. The SMILES string of the molecule is c1cc2c(cn1)[nH]c1ccc(C3CCCNC3)cc12. The number of aromatic amines is 1. The topological polar surface area (TPSA) is 40.7 Å². The molecule has 1 atom stereocenters. The highest BCUT2D eigenvalue weighted by Crippen LogP contribution is 2.30. The molecule has 0 spiro atoms. The van der Waals surface area contributed by atoms with Crippen molar-refractivity contribution in [3.8, 4) is 0 Å². The lowest BCUT2D eigenvalue weighted by Gasteiger charge is -2.23. The first-order chi connectivity index (χ1) is 9.42. The predicted octanol–water partition coefficient (Wildman–Crippen LogP) is 3.18. The number of hydrogen-bond donors (Lipinski definition) is 2. The van der Waals surface area contributed by atoms with Gasteiger partial charge in [-0.15, -0.1) is 0 Å². The molecule has 0 aliphatic carbocycles. The molecular weight excluding hydrogens is 234 g/mol. The van der Waals surface area contributed by atoms with E-state index in [4.69, 9.17) is 0 Å². The van der Waals surface area contributed by atoms with E-state index in [1.807, 2.05) is 12.4 Å². The van der Waals surface area contributed by atoms with Crippen LogP contribution in [0.5, 0.6) is 0 Å². The smallest absolute Gasteiger partial charge is 0.0651 e. The van der Waals surface area contributed by atoms with Crippen LogP contribution in [-0.2, 0) is 0 Å². The molecule has 1 aliphatic heterocycles. The number of hydrogen-bond acceptors (Lipinski definition) is 2. The maximum atomic E-state index is 4.18. The Hall–Kier alpha value is -1.87. The summed E-state index contributed by atoms with van der Waals surface area (Å²) in [7, 11) is 0. The van der Waals surface area contributed by atoms with Crippen LogP contribution in [-0.4, -0.2) is 23.1 Å². The summed E-state index contributed by atoms with van der Waals surface area (Å²) in [5.41, 5.74) is 3.78. The number of piperidine rings is 1. The Balaban J connectivity index is 1.87. The van der Waals surface area contributed by atoms with Gasteiger partial charge in [-0.3, -0.25) is 4.98 Å². The maximum absolute atomic E-state index is 4.18. The zero-order chi connectivity index (χ0) is 12.7. The van der Waals surface area contributed by atoms with Gasteiger partial charge < -0.3 is 10.3 Å². The van der Waals surface area contributed by atoms with Crippen molar-refractivity contribution in [2.45, 2.75) is 18.8 Å². The van der Waals surface area contributed by atoms with Crippen molar-refractivity contribution in [1.82, 2.24) is 15.3 Å². The van der Waals surface area contributed by atoms with Gasteiger partial charge in [0, 0.05) is 29.0 Å². The number of benzene rings is 1. The second-order valence-electron chi connectivity index (χ2n) is 5.39. The van der Waals surface area contributed by atoms with E-state index >= 15 is 0 Å². The minimum absolute atomic E-state index is 0.657. The van der Waals surface area contributed by atoms with Crippen LogP contribution in [0.1, 0.15) is 24.3 Å². The number of fused-ring (bicyclic) bond motifs is 3. The van der Waals surface area contributed by atoms with E-state index in [2.05, 4.69) is 39.6 Å². The van der Waals surface area contributed by atoms with Crippen molar-refractivity contribution in [2.24, 2.45) is 0 Å². The molecule has 1 aliphatic rings. The molecule has 19 heavy (non-hydrogen) atoms. The van der Waals surface area contributed by atoms with E-state index in [1.165, 1.54) is 34.7 Å². The lowest BCUT2D eigenvalue weighted by Crippen LogP contribution is -2.28. The average molecular weight is 251 g/mol. The van der Waals surface area contributed by atoms with Crippen LogP contribution in [0.15, 0.2) is 36.7 Å². The summed E-state index contributed by atoms with van der Waals surface area (Å²) in [6, 6.07) is 8.92. The van der Waals surface area contributed by atoms with E-state index in [1.54, 1.807) is 0 Å². The normalized spacial score (nSPS) is 20.1. The fraction of sp³-hybridized carbons (Fsp3) is 0.312. The molecular formula is C16H17N3. The standard InChI is InChI=1S/C16H17N3/c1-2-12(9-17-6-1)11-3-4-15-14(8-11)13-5-7-18-10-16(13)19-15/h3-5,7-8,10,12,17,19H,1-2,6,9H2. The largest absolute Gasteiger partial charge is 0.353 e. The van der Waals surface area contributed by atoms with Crippen LogP contribution < -0.4 is 5.32 Å². The van der Waals surface area contributed by atoms with Gasteiger partial charge in [0.15, 0.2) is 0 Å². The Morgan fingerprint density at radius 3 is 3.00 bits per heavy atom. The van der Waals surface area contributed by atoms with Crippen LogP contribution in [0.25, 0.3) is 21.8 Å². The van der Waals surface area contributed by atoms with Crippen molar-refractivity contribution >= 4 is 21.8 Å². The van der Waals surface area contributed by atoms with Crippen molar-refractivity contribution in [2.75, 3.05) is 13.1 Å². The van der Waals surface area contributed by atoms with Crippen LogP contribution >= 0.6 is 0 Å². The monoisotopic (exact) mass is 251 g/mol. The molecule has 2 N–H and O–H groups in total. The number of nitrogens with one attached hydrogen (secondary N) is 2. The van der Waals surface area contributed by atoms with Crippen molar-refractivity contribution in [1.29, 1.82) is 0 Å². The summed E-state index contributed by atoms with van der Waals surface area (Å²) in [5, 5.41) is 6.09. The van der Waals surface area contributed by atoms with E-state index in [0.717, 1.165) is 18.6 Å². The number of rotatable bonds is 1. The molecule has 0 amide bonds. The molecule has 96 valence electrons. The zero-order valence-electron chi connectivity index (χ0n) is 10.8. The number of pyridine rings is 1. The Labute approximate surface area is 112 Å². The lowest BCUT2D eigenvalue weighted by atomic mass is 9.91. The van der Waals surface area contributed by atoms with Gasteiger partial charge in [0.1, 0.15) is 0 Å². The van der Waals surface area contributed by atoms with E-state index in [-0.39, 0.29) is 0 Å². The molecule has 1 saturated heterocycles. The minimum Gasteiger partial charge on any atom is -0.353 e. The first kappa shape index (κ1) is 11.0. The predicted molar refractivity (Wildman–Crippen MR) is 78.4 cm³/mol. The molecule has 0 bridgehead atoms. The van der Waals surface area contributed by atoms with Gasteiger partial charge in [-0.1, -0.05) is 6.07 Å². The van der Waals surface area contributed by atoms with Crippen LogP contribution in [0.3, 0.4) is 0 Å². The summed E-state index contributed by atoms with van der Waals surface area (Å²) in [4.78, 5) is 7.61. The minimum atomic E-state index is 0.657.